The van der Waals surface area contributed by atoms with Crippen LogP contribution in [0.2, 0.25) is 0 Å². The summed E-state index contributed by atoms with van der Waals surface area (Å²) in [5.41, 5.74) is 4.29. The minimum Gasteiger partial charge on any atom is -0.444 e. The summed E-state index contributed by atoms with van der Waals surface area (Å²) >= 11 is 0. The minimum absolute atomic E-state index is 0.369. The van der Waals surface area contributed by atoms with Gasteiger partial charge in [-0.05, 0) is 90.8 Å². The molecule has 0 aliphatic heterocycles. The Balaban J connectivity index is 2.66. The van der Waals surface area contributed by atoms with Crippen LogP contribution in [0.25, 0.3) is 0 Å². The SMILES string of the molecule is Cc1cc(C)cc(C(C(=O)Nc2c(C)cccc2C)N(C(=O)C(CO)NC(=O)OC(C)(C)C)C(C)CCC(C)C)c1. The van der Waals surface area contributed by atoms with Crippen molar-refractivity contribution >= 4 is 23.6 Å². The Kier molecular flexibility index (Phi) is 11.9. The second-order valence-corrected chi connectivity index (χ2v) is 12.5. The van der Waals surface area contributed by atoms with Gasteiger partial charge in [-0.3, -0.25) is 9.59 Å². The quantitative estimate of drug-likeness (QED) is 0.302. The van der Waals surface area contributed by atoms with Crippen molar-refractivity contribution < 1.29 is 24.2 Å². The fraction of sp³-hybridized carbons (Fsp3) is 0.545. The van der Waals surface area contributed by atoms with Crippen LogP contribution >= 0.6 is 0 Å². The third-order valence-corrected chi connectivity index (χ3v) is 6.88. The first-order valence-electron chi connectivity index (χ1n) is 14.4. The lowest BCUT2D eigenvalue weighted by molar-refractivity contribution is -0.144. The van der Waals surface area contributed by atoms with Crippen molar-refractivity contribution in [3.05, 3.63) is 64.2 Å². The number of nitrogens with zero attached hydrogens (tertiary/aromatic N) is 1. The number of rotatable bonds is 11. The van der Waals surface area contributed by atoms with Gasteiger partial charge >= 0.3 is 6.09 Å². The van der Waals surface area contributed by atoms with Gasteiger partial charge in [0.25, 0.3) is 5.91 Å². The highest BCUT2D eigenvalue weighted by Crippen LogP contribution is 2.31. The second kappa shape index (κ2) is 14.5. The smallest absolute Gasteiger partial charge is 0.408 e. The Morgan fingerprint density at radius 2 is 1.49 bits per heavy atom. The molecule has 0 fully saturated rings. The number of para-hydroxylation sites is 1. The molecule has 3 amide bonds. The zero-order chi connectivity index (χ0) is 31.1. The van der Waals surface area contributed by atoms with Gasteiger partial charge in [-0.25, -0.2) is 4.79 Å². The van der Waals surface area contributed by atoms with Gasteiger partial charge in [0.2, 0.25) is 5.91 Å². The zero-order valence-corrected chi connectivity index (χ0v) is 26.4. The Bertz CT molecular complexity index is 1180. The highest BCUT2D eigenvalue weighted by molar-refractivity contribution is 6.00. The average molecular weight is 568 g/mol. The number of aryl methyl sites for hydroxylation is 4. The molecule has 0 saturated carbocycles. The van der Waals surface area contributed by atoms with Crippen molar-refractivity contribution in [2.24, 2.45) is 5.92 Å². The van der Waals surface area contributed by atoms with E-state index in [-0.39, 0.29) is 11.9 Å². The first kappa shape index (κ1) is 33.8. The molecule has 8 nitrogen and oxygen atoms in total. The van der Waals surface area contributed by atoms with Crippen molar-refractivity contribution in [1.29, 1.82) is 0 Å². The number of nitrogens with one attached hydrogen (secondary N) is 2. The number of hydrogen-bond donors (Lipinski definition) is 3. The van der Waals surface area contributed by atoms with Crippen LogP contribution in [0.4, 0.5) is 10.5 Å². The maximum absolute atomic E-state index is 14.3. The van der Waals surface area contributed by atoms with Crippen molar-refractivity contribution in [2.45, 2.75) is 106 Å². The molecule has 3 atom stereocenters. The molecule has 8 heteroatoms. The summed E-state index contributed by atoms with van der Waals surface area (Å²) in [5, 5.41) is 15.9. The summed E-state index contributed by atoms with van der Waals surface area (Å²) in [6.07, 6.45) is 0.640. The topological polar surface area (TPSA) is 108 Å². The van der Waals surface area contributed by atoms with E-state index in [0.29, 0.717) is 23.6 Å². The largest absolute Gasteiger partial charge is 0.444 e. The number of aliphatic hydroxyl groups excluding tert-OH is 1. The third-order valence-electron chi connectivity index (χ3n) is 6.88. The maximum Gasteiger partial charge on any atom is 0.408 e. The van der Waals surface area contributed by atoms with E-state index in [1.807, 2.05) is 71.0 Å². The fourth-order valence-corrected chi connectivity index (χ4v) is 4.94. The molecule has 0 bridgehead atoms. The lowest BCUT2D eigenvalue weighted by Crippen LogP contribution is -2.56. The number of anilines is 1. The van der Waals surface area contributed by atoms with Gasteiger partial charge < -0.3 is 25.4 Å². The molecule has 0 radical (unpaired) electrons. The van der Waals surface area contributed by atoms with Gasteiger partial charge in [0.1, 0.15) is 17.7 Å². The van der Waals surface area contributed by atoms with Crippen molar-refractivity contribution in [1.82, 2.24) is 10.2 Å². The zero-order valence-electron chi connectivity index (χ0n) is 26.4. The number of alkyl carbamates (subject to hydrolysis) is 1. The Hall–Kier alpha value is -3.39. The van der Waals surface area contributed by atoms with E-state index in [2.05, 4.69) is 24.5 Å². The standard InChI is InChI=1S/C33H49N3O5/c1-20(2)14-15-25(7)36(31(39)27(19-37)34-32(40)41-33(8,9)10)29(26-17-21(3)16-22(4)18-26)30(38)35-28-23(5)12-11-13-24(28)6/h11-13,16-18,20,25,27,29,37H,14-15,19H2,1-10H3,(H,34,40)(H,35,38). The highest BCUT2D eigenvalue weighted by Gasteiger charge is 2.39. The monoisotopic (exact) mass is 567 g/mol. The molecular formula is C33H49N3O5. The Morgan fingerprint density at radius 1 is 0.927 bits per heavy atom. The van der Waals surface area contributed by atoms with E-state index < -0.39 is 36.3 Å². The Morgan fingerprint density at radius 3 is 1.98 bits per heavy atom. The average Bonchev–Trinajstić information content (AvgIpc) is 2.84. The molecule has 0 aliphatic rings. The second-order valence-electron chi connectivity index (χ2n) is 12.5. The normalized spacial score (nSPS) is 13.8. The van der Waals surface area contributed by atoms with Crippen LogP contribution in [-0.2, 0) is 14.3 Å². The van der Waals surface area contributed by atoms with Crippen LogP contribution in [-0.4, -0.2) is 52.2 Å². The summed E-state index contributed by atoms with van der Waals surface area (Å²) in [6, 6.07) is 8.92. The number of benzene rings is 2. The number of ether oxygens (including phenoxy) is 1. The molecule has 2 aromatic carbocycles. The summed E-state index contributed by atoms with van der Waals surface area (Å²) in [5.74, 6) is -0.549. The van der Waals surface area contributed by atoms with E-state index in [9.17, 15) is 19.5 Å². The van der Waals surface area contributed by atoms with Crippen molar-refractivity contribution in [2.75, 3.05) is 11.9 Å². The van der Waals surface area contributed by atoms with Crippen LogP contribution in [0.1, 0.15) is 88.2 Å². The van der Waals surface area contributed by atoms with Gasteiger partial charge in [-0.15, -0.1) is 0 Å². The van der Waals surface area contributed by atoms with Gasteiger partial charge in [-0.2, -0.15) is 0 Å². The highest BCUT2D eigenvalue weighted by atomic mass is 16.6. The molecule has 3 unspecified atom stereocenters. The van der Waals surface area contributed by atoms with E-state index >= 15 is 0 Å². The molecule has 0 aliphatic carbocycles. The van der Waals surface area contributed by atoms with Gasteiger partial charge in [-0.1, -0.05) is 61.4 Å². The van der Waals surface area contributed by atoms with E-state index in [4.69, 9.17) is 4.74 Å². The summed E-state index contributed by atoms with van der Waals surface area (Å²) in [4.78, 5) is 42.7. The summed E-state index contributed by atoms with van der Waals surface area (Å²) in [7, 11) is 0. The molecule has 41 heavy (non-hydrogen) atoms. The van der Waals surface area contributed by atoms with Crippen LogP contribution in [0.3, 0.4) is 0 Å². The summed E-state index contributed by atoms with van der Waals surface area (Å²) < 4.78 is 5.36. The number of aliphatic hydroxyl groups is 1. The van der Waals surface area contributed by atoms with Crippen LogP contribution in [0.15, 0.2) is 36.4 Å². The Labute approximate surface area is 245 Å². The number of hydrogen-bond acceptors (Lipinski definition) is 5. The van der Waals surface area contributed by atoms with Gasteiger partial charge in [0.05, 0.1) is 6.61 Å². The van der Waals surface area contributed by atoms with Crippen LogP contribution in [0, 0.1) is 33.6 Å². The molecule has 0 saturated heterocycles. The molecular weight excluding hydrogens is 518 g/mol. The molecule has 0 aromatic heterocycles. The summed E-state index contributed by atoms with van der Waals surface area (Å²) in [6.45, 7) is 18.4. The molecule has 0 spiro atoms. The lowest BCUT2D eigenvalue weighted by atomic mass is 9.95. The molecule has 2 rings (SSSR count). The van der Waals surface area contributed by atoms with Gasteiger partial charge in [0.15, 0.2) is 0 Å². The van der Waals surface area contributed by atoms with Gasteiger partial charge in [0, 0.05) is 11.7 Å². The van der Waals surface area contributed by atoms with Crippen molar-refractivity contribution in [3.63, 3.8) is 0 Å². The predicted octanol–water partition coefficient (Wildman–Crippen LogP) is 6.14. The van der Waals surface area contributed by atoms with Crippen LogP contribution in [0.5, 0.6) is 0 Å². The van der Waals surface area contributed by atoms with E-state index in [1.165, 1.54) is 4.90 Å². The molecule has 226 valence electrons. The van der Waals surface area contributed by atoms with Crippen molar-refractivity contribution in [3.8, 4) is 0 Å². The van der Waals surface area contributed by atoms with Crippen LogP contribution < -0.4 is 10.6 Å². The molecule has 0 heterocycles. The van der Waals surface area contributed by atoms with E-state index in [1.54, 1.807) is 20.8 Å². The molecule has 2 aromatic rings. The number of carbonyl (C=O) groups excluding carboxylic acids is 3. The molecule has 3 N–H and O–H groups in total. The number of carbonyl (C=O) groups is 3. The minimum atomic E-state index is -1.30. The first-order valence-corrected chi connectivity index (χ1v) is 14.4. The number of amides is 3. The third kappa shape index (κ3) is 9.88. The lowest BCUT2D eigenvalue weighted by Gasteiger charge is -2.39. The maximum atomic E-state index is 14.3. The first-order chi connectivity index (χ1) is 19.0. The predicted molar refractivity (Wildman–Crippen MR) is 164 cm³/mol. The fourth-order valence-electron chi connectivity index (χ4n) is 4.94. The van der Waals surface area contributed by atoms with E-state index in [0.717, 1.165) is 28.7 Å².